The van der Waals surface area contributed by atoms with E-state index in [2.05, 4.69) is 14.6 Å². The average Bonchev–Trinajstić information content (AvgIpc) is 2.72. The fourth-order valence-electron chi connectivity index (χ4n) is 3.01. The van der Waals surface area contributed by atoms with Crippen LogP contribution >= 0.6 is 0 Å². The van der Waals surface area contributed by atoms with Gasteiger partial charge in [0.15, 0.2) is 0 Å². The highest BCUT2D eigenvalue weighted by Gasteiger charge is 2.21. The summed E-state index contributed by atoms with van der Waals surface area (Å²) in [5, 5.41) is 0. The second-order valence-electron chi connectivity index (χ2n) is 6.37. The number of amides is 1. The molecule has 1 aliphatic rings. The van der Waals surface area contributed by atoms with Crippen molar-refractivity contribution >= 4 is 21.7 Å². The minimum atomic E-state index is -3.51. The summed E-state index contributed by atoms with van der Waals surface area (Å²) in [6.45, 7) is 3.07. The van der Waals surface area contributed by atoms with E-state index in [0.717, 1.165) is 18.9 Å². The number of aromatic nitrogens is 1. The molecule has 8 heteroatoms. The van der Waals surface area contributed by atoms with Gasteiger partial charge >= 0.3 is 0 Å². The molecule has 0 bridgehead atoms. The summed E-state index contributed by atoms with van der Waals surface area (Å²) in [5.74, 6) is 0.995. The molecule has 1 fully saturated rings. The highest BCUT2D eigenvalue weighted by atomic mass is 32.2. The van der Waals surface area contributed by atoms with E-state index in [1.807, 2.05) is 23.1 Å². The van der Waals surface area contributed by atoms with E-state index in [-0.39, 0.29) is 17.3 Å². The van der Waals surface area contributed by atoms with Crippen molar-refractivity contribution in [1.29, 1.82) is 0 Å². The summed E-state index contributed by atoms with van der Waals surface area (Å²) in [6, 6.07) is 14.0. The van der Waals surface area contributed by atoms with Gasteiger partial charge in [-0.05, 0) is 30.7 Å². The SMILES string of the molecule is O=C(CCCNS(=O)(=O)c1ccccc1)N1CCN(c2ccccn2)CC1. The van der Waals surface area contributed by atoms with Crippen LogP contribution in [-0.2, 0) is 14.8 Å². The standard InChI is InChI=1S/C19H24N4O3S/c24-19(10-6-12-21-27(25,26)17-7-2-1-3-8-17)23-15-13-22(14-16-23)18-9-4-5-11-20-18/h1-5,7-9,11,21H,6,10,12-16H2. The van der Waals surface area contributed by atoms with Gasteiger partial charge in [-0.1, -0.05) is 24.3 Å². The Morgan fingerprint density at radius 1 is 1.00 bits per heavy atom. The Morgan fingerprint density at radius 2 is 1.70 bits per heavy atom. The molecule has 7 nitrogen and oxygen atoms in total. The van der Waals surface area contributed by atoms with Gasteiger partial charge in [0.1, 0.15) is 5.82 Å². The fourth-order valence-corrected chi connectivity index (χ4v) is 4.11. The molecule has 0 spiro atoms. The second-order valence-corrected chi connectivity index (χ2v) is 8.14. The van der Waals surface area contributed by atoms with Crippen molar-refractivity contribution in [2.75, 3.05) is 37.6 Å². The molecule has 27 heavy (non-hydrogen) atoms. The molecule has 0 unspecified atom stereocenters. The number of hydrogen-bond acceptors (Lipinski definition) is 5. The smallest absolute Gasteiger partial charge is 0.240 e. The molecule has 1 amide bonds. The van der Waals surface area contributed by atoms with Gasteiger partial charge in [-0.15, -0.1) is 0 Å². The molecule has 2 aromatic rings. The Kier molecular flexibility index (Phi) is 6.41. The number of nitrogens with one attached hydrogen (secondary N) is 1. The lowest BCUT2D eigenvalue weighted by Crippen LogP contribution is -2.49. The molecule has 1 aromatic heterocycles. The van der Waals surface area contributed by atoms with Crippen molar-refractivity contribution in [3.63, 3.8) is 0 Å². The number of nitrogens with zero attached hydrogens (tertiary/aromatic N) is 3. The van der Waals surface area contributed by atoms with Crippen molar-refractivity contribution in [2.45, 2.75) is 17.7 Å². The van der Waals surface area contributed by atoms with Gasteiger partial charge < -0.3 is 9.80 Å². The van der Waals surface area contributed by atoms with Crippen LogP contribution in [-0.4, -0.2) is 56.9 Å². The monoisotopic (exact) mass is 388 g/mol. The molecule has 0 radical (unpaired) electrons. The second kappa shape index (κ2) is 8.96. The van der Waals surface area contributed by atoms with Crippen LogP contribution < -0.4 is 9.62 Å². The minimum absolute atomic E-state index is 0.0644. The first-order chi connectivity index (χ1) is 13.1. The normalized spacial score (nSPS) is 15.0. The lowest BCUT2D eigenvalue weighted by molar-refractivity contribution is -0.131. The molecule has 0 saturated carbocycles. The number of rotatable bonds is 7. The van der Waals surface area contributed by atoms with Crippen LogP contribution in [0.1, 0.15) is 12.8 Å². The maximum Gasteiger partial charge on any atom is 0.240 e. The number of anilines is 1. The lowest BCUT2D eigenvalue weighted by Gasteiger charge is -2.35. The van der Waals surface area contributed by atoms with E-state index in [4.69, 9.17) is 0 Å². The first kappa shape index (κ1) is 19.3. The lowest BCUT2D eigenvalue weighted by atomic mass is 10.2. The molecule has 144 valence electrons. The predicted molar refractivity (Wildman–Crippen MR) is 104 cm³/mol. The molecule has 1 aliphatic heterocycles. The molecule has 3 rings (SSSR count). The Bertz CT molecular complexity index is 836. The molecular weight excluding hydrogens is 364 g/mol. The fraction of sp³-hybridized carbons (Fsp3) is 0.368. The van der Waals surface area contributed by atoms with Crippen molar-refractivity contribution in [2.24, 2.45) is 0 Å². The number of carbonyl (C=O) groups excluding carboxylic acids is 1. The van der Waals surface area contributed by atoms with Crippen LogP contribution in [0.3, 0.4) is 0 Å². The van der Waals surface area contributed by atoms with Gasteiger partial charge in [-0.2, -0.15) is 0 Å². The van der Waals surface area contributed by atoms with Gasteiger partial charge in [0, 0.05) is 45.3 Å². The number of carbonyl (C=O) groups is 1. The summed E-state index contributed by atoms with van der Waals surface area (Å²) in [6.07, 6.45) is 2.58. The first-order valence-corrected chi connectivity index (χ1v) is 10.5. The van der Waals surface area contributed by atoms with E-state index >= 15 is 0 Å². The van der Waals surface area contributed by atoms with Gasteiger partial charge in [-0.25, -0.2) is 18.1 Å². The van der Waals surface area contributed by atoms with Gasteiger partial charge in [0.2, 0.25) is 15.9 Å². The molecule has 1 aromatic carbocycles. The average molecular weight is 388 g/mol. The topological polar surface area (TPSA) is 82.6 Å². The Morgan fingerprint density at radius 3 is 2.37 bits per heavy atom. The number of pyridine rings is 1. The molecular formula is C19H24N4O3S. The zero-order chi connectivity index (χ0) is 19.1. The minimum Gasteiger partial charge on any atom is -0.353 e. The van der Waals surface area contributed by atoms with Crippen LogP contribution in [0.4, 0.5) is 5.82 Å². The molecule has 1 saturated heterocycles. The maximum atomic E-state index is 12.4. The van der Waals surface area contributed by atoms with E-state index in [9.17, 15) is 13.2 Å². The molecule has 1 N–H and O–H groups in total. The third-order valence-corrected chi connectivity index (χ3v) is 6.00. The van der Waals surface area contributed by atoms with E-state index in [1.54, 1.807) is 36.5 Å². The highest BCUT2D eigenvalue weighted by Crippen LogP contribution is 2.13. The van der Waals surface area contributed by atoms with Crippen LogP contribution in [0.15, 0.2) is 59.6 Å². The van der Waals surface area contributed by atoms with Crippen molar-refractivity contribution < 1.29 is 13.2 Å². The van der Waals surface area contributed by atoms with E-state index < -0.39 is 10.0 Å². The predicted octanol–water partition coefficient (Wildman–Crippen LogP) is 1.49. The number of sulfonamides is 1. The van der Waals surface area contributed by atoms with E-state index in [0.29, 0.717) is 25.9 Å². The van der Waals surface area contributed by atoms with Gasteiger partial charge in [0.05, 0.1) is 4.90 Å². The molecule has 0 atom stereocenters. The molecule has 2 heterocycles. The Hall–Kier alpha value is -2.45. The summed E-state index contributed by atoms with van der Waals surface area (Å²) < 4.78 is 26.8. The highest BCUT2D eigenvalue weighted by molar-refractivity contribution is 7.89. The largest absolute Gasteiger partial charge is 0.353 e. The zero-order valence-corrected chi connectivity index (χ0v) is 15.9. The zero-order valence-electron chi connectivity index (χ0n) is 15.1. The van der Waals surface area contributed by atoms with Crippen LogP contribution in [0.2, 0.25) is 0 Å². The summed E-state index contributed by atoms with van der Waals surface area (Å²) in [7, 11) is -3.51. The van der Waals surface area contributed by atoms with Crippen LogP contribution in [0, 0.1) is 0 Å². The third-order valence-electron chi connectivity index (χ3n) is 4.52. The van der Waals surface area contributed by atoms with Crippen LogP contribution in [0.5, 0.6) is 0 Å². The number of hydrogen-bond donors (Lipinski definition) is 1. The first-order valence-electron chi connectivity index (χ1n) is 9.05. The summed E-state index contributed by atoms with van der Waals surface area (Å²) in [4.78, 5) is 20.9. The van der Waals surface area contributed by atoms with E-state index in [1.165, 1.54) is 0 Å². The number of benzene rings is 1. The quantitative estimate of drug-likeness (QED) is 0.727. The van der Waals surface area contributed by atoms with Crippen molar-refractivity contribution in [3.8, 4) is 0 Å². The molecule has 0 aliphatic carbocycles. The van der Waals surface area contributed by atoms with Gasteiger partial charge in [0.25, 0.3) is 0 Å². The van der Waals surface area contributed by atoms with Gasteiger partial charge in [-0.3, -0.25) is 4.79 Å². The Balaban J connectivity index is 1.39. The Labute approximate surface area is 160 Å². The van der Waals surface area contributed by atoms with Crippen molar-refractivity contribution in [1.82, 2.24) is 14.6 Å². The summed E-state index contributed by atoms with van der Waals surface area (Å²) >= 11 is 0. The third kappa shape index (κ3) is 5.27. The summed E-state index contributed by atoms with van der Waals surface area (Å²) in [5.41, 5.74) is 0. The van der Waals surface area contributed by atoms with Crippen LogP contribution in [0.25, 0.3) is 0 Å². The maximum absolute atomic E-state index is 12.4. The number of piperazine rings is 1. The van der Waals surface area contributed by atoms with Crippen molar-refractivity contribution in [3.05, 3.63) is 54.7 Å².